The zero-order chi connectivity index (χ0) is 20.4. The van der Waals surface area contributed by atoms with Crippen LogP contribution in [-0.2, 0) is 14.3 Å². The lowest BCUT2D eigenvalue weighted by molar-refractivity contribution is -0.143. The normalized spacial score (nSPS) is 15.7. The Balaban J connectivity index is 1.76. The van der Waals surface area contributed by atoms with Gasteiger partial charge in [0.05, 0.1) is 24.1 Å². The highest BCUT2D eigenvalue weighted by molar-refractivity contribution is 6.19. The van der Waals surface area contributed by atoms with Crippen molar-refractivity contribution in [1.29, 1.82) is 0 Å². The number of aromatic nitrogens is 2. The Morgan fingerprint density at radius 2 is 2.07 bits per heavy atom. The lowest BCUT2D eigenvalue weighted by atomic mass is 10.1. The van der Waals surface area contributed by atoms with Crippen molar-refractivity contribution in [3.63, 3.8) is 0 Å². The lowest BCUT2D eigenvalue weighted by Gasteiger charge is -2.37. The highest BCUT2D eigenvalue weighted by atomic mass is 16.6. The third kappa shape index (κ3) is 3.49. The van der Waals surface area contributed by atoms with Gasteiger partial charge in [-0.1, -0.05) is 18.2 Å². The summed E-state index contributed by atoms with van der Waals surface area (Å²) in [6, 6.07) is 7.46. The van der Waals surface area contributed by atoms with Gasteiger partial charge in [0.15, 0.2) is 5.82 Å². The number of urea groups is 1. The number of nitrogens with zero attached hydrogens (tertiary/aromatic N) is 5. The van der Waals surface area contributed by atoms with Crippen molar-refractivity contribution in [2.75, 3.05) is 44.9 Å². The molecule has 0 unspecified atom stereocenters. The second kappa shape index (κ2) is 8.04. The molecule has 1 aromatic heterocycles. The van der Waals surface area contributed by atoms with Crippen LogP contribution in [0.25, 0.3) is 5.69 Å². The van der Waals surface area contributed by atoms with E-state index in [1.807, 2.05) is 31.2 Å². The number of amidine groups is 1. The minimum absolute atomic E-state index is 0.137. The Bertz CT molecular complexity index is 968. The first-order valence-electron chi connectivity index (χ1n) is 9.54. The first-order valence-corrected chi connectivity index (χ1v) is 9.54. The summed E-state index contributed by atoms with van der Waals surface area (Å²) >= 11 is 0. The maximum absolute atomic E-state index is 13.3. The number of anilines is 1. The number of rotatable bonds is 6. The van der Waals surface area contributed by atoms with E-state index in [2.05, 4.69) is 10.1 Å². The summed E-state index contributed by atoms with van der Waals surface area (Å²) < 4.78 is 11.8. The van der Waals surface area contributed by atoms with Crippen LogP contribution in [0.15, 0.2) is 35.5 Å². The number of hydrogen-bond donors (Lipinski definition) is 0. The van der Waals surface area contributed by atoms with E-state index in [9.17, 15) is 9.59 Å². The van der Waals surface area contributed by atoms with Gasteiger partial charge in [-0.2, -0.15) is 5.10 Å². The average molecular weight is 397 g/mol. The van der Waals surface area contributed by atoms with E-state index < -0.39 is 5.97 Å². The van der Waals surface area contributed by atoms with Crippen molar-refractivity contribution in [3.8, 4) is 5.69 Å². The van der Waals surface area contributed by atoms with Crippen LogP contribution in [0.2, 0.25) is 0 Å². The molecule has 0 radical (unpaired) electrons. The molecule has 0 fully saturated rings. The molecule has 0 bridgehead atoms. The number of aliphatic imine (C=N–C) groups is 1. The molecule has 0 atom stereocenters. The molecule has 0 saturated carbocycles. The average Bonchev–Trinajstić information content (AvgIpc) is 3.16. The van der Waals surface area contributed by atoms with E-state index in [0.29, 0.717) is 31.3 Å². The number of esters is 1. The summed E-state index contributed by atoms with van der Waals surface area (Å²) in [5.41, 5.74) is 2.57. The number of carbonyl (C=O) groups excluding carboxylic acids is 2. The van der Waals surface area contributed by atoms with Crippen LogP contribution in [0.5, 0.6) is 0 Å². The number of aryl methyl sites for hydroxylation is 1. The highest BCUT2D eigenvalue weighted by Crippen LogP contribution is 2.33. The Kier molecular flexibility index (Phi) is 5.30. The van der Waals surface area contributed by atoms with Crippen LogP contribution in [0.3, 0.4) is 0 Å². The number of amides is 2. The maximum Gasteiger partial charge on any atom is 0.331 e. The van der Waals surface area contributed by atoms with Gasteiger partial charge in [0.25, 0.3) is 0 Å². The number of fused-ring (bicyclic) bond motifs is 3. The Morgan fingerprint density at radius 3 is 2.86 bits per heavy atom. The van der Waals surface area contributed by atoms with Gasteiger partial charge in [0.2, 0.25) is 0 Å². The molecule has 9 nitrogen and oxygen atoms in total. The fraction of sp³-hybridized carbons (Fsp3) is 0.400. The minimum atomic E-state index is -0.503. The molecule has 2 aliphatic rings. The summed E-state index contributed by atoms with van der Waals surface area (Å²) in [6.45, 7) is 3.42. The smallest absolute Gasteiger partial charge is 0.331 e. The molecule has 2 aromatic rings. The van der Waals surface area contributed by atoms with Crippen molar-refractivity contribution in [3.05, 3.63) is 41.6 Å². The summed E-state index contributed by atoms with van der Waals surface area (Å²) in [6.07, 6.45) is 2.48. The highest BCUT2D eigenvalue weighted by Gasteiger charge is 2.40. The number of methoxy groups -OCH3 is 1. The molecule has 9 heteroatoms. The van der Waals surface area contributed by atoms with Gasteiger partial charge in [-0.15, -0.1) is 0 Å². The predicted molar refractivity (Wildman–Crippen MR) is 107 cm³/mol. The van der Waals surface area contributed by atoms with E-state index in [0.717, 1.165) is 23.2 Å². The molecule has 0 N–H and O–H groups in total. The second-order valence-electron chi connectivity index (χ2n) is 6.87. The van der Waals surface area contributed by atoms with Crippen LogP contribution in [0.4, 0.5) is 10.6 Å². The third-order valence-electron chi connectivity index (χ3n) is 4.94. The standard InChI is InChI=1S/C20H23N5O4/c1-14-6-3-4-7-16(14)25-19-15(12-22-25)18-21-8-5-9-23(18)20(27)24(19)13-17(26)29-11-10-28-2/h3-4,6-7,12H,5,8-11,13H2,1-2H3. The van der Waals surface area contributed by atoms with Crippen molar-refractivity contribution < 1.29 is 19.1 Å². The van der Waals surface area contributed by atoms with Gasteiger partial charge >= 0.3 is 12.0 Å². The molecule has 0 saturated heterocycles. The quantitative estimate of drug-likeness (QED) is 0.547. The second-order valence-corrected chi connectivity index (χ2v) is 6.87. The van der Waals surface area contributed by atoms with Crippen molar-refractivity contribution >= 4 is 23.7 Å². The minimum Gasteiger partial charge on any atom is -0.462 e. The SMILES string of the molecule is COCCOC(=O)CN1C(=O)N2CCCN=C2c2cnn(-c3ccccc3C)c21. The summed E-state index contributed by atoms with van der Waals surface area (Å²) in [4.78, 5) is 33.2. The Hall–Kier alpha value is -3.20. The lowest BCUT2D eigenvalue weighted by Crippen LogP contribution is -2.54. The number of carbonyl (C=O) groups is 2. The van der Waals surface area contributed by atoms with Crippen molar-refractivity contribution in [2.45, 2.75) is 13.3 Å². The van der Waals surface area contributed by atoms with Crippen LogP contribution >= 0.6 is 0 Å². The van der Waals surface area contributed by atoms with E-state index in [1.165, 1.54) is 12.0 Å². The number of para-hydroxylation sites is 1. The third-order valence-corrected chi connectivity index (χ3v) is 4.94. The van der Waals surface area contributed by atoms with Gasteiger partial charge in [-0.3, -0.25) is 19.6 Å². The molecule has 0 aliphatic carbocycles. The molecule has 0 spiro atoms. The van der Waals surface area contributed by atoms with Crippen molar-refractivity contribution in [2.24, 2.45) is 4.99 Å². The summed E-state index contributed by atoms with van der Waals surface area (Å²) in [5.74, 6) is 0.640. The molecule has 29 heavy (non-hydrogen) atoms. The summed E-state index contributed by atoms with van der Waals surface area (Å²) in [7, 11) is 1.53. The molecular weight excluding hydrogens is 374 g/mol. The molecule has 4 rings (SSSR count). The number of benzene rings is 1. The molecule has 3 heterocycles. The number of hydrogen-bond acceptors (Lipinski definition) is 6. The van der Waals surface area contributed by atoms with Crippen LogP contribution in [0, 0.1) is 6.92 Å². The topological polar surface area (TPSA) is 89.3 Å². The fourth-order valence-corrected chi connectivity index (χ4v) is 3.55. The maximum atomic E-state index is 13.3. The van der Waals surface area contributed by atoms with Crippen LogP contribution < -0.4 is 4.90 Å². The zero-order valence-corrected chi connectivity index (χ0v) is 16.5. The molecule has 1 aromatic carbocycles. The first kappa shape index (κ1) is 19.1. The first-order chi connectivity index (χ1) is 14.1. The van der Waals surface area contributed by atoms with Gasteiger partial charge in [0.1, 0.15) is 19.0 Å². The van der Waals surface area contributed by atoms with Gasteiger partial charge in [-0.25, -0.2) is 9.48 Å². The number of ether oxygens (including phenoxy) is 2. The molecular formula is C20H23N5O4. The molecule has 2 amide bonds. The summed E-state index contributed by atoms with van der Waals surface area (Å²) in [5, 5.41) is 4.53. The Labute approximate surface area is 168 Å². The predicted octanol–water partition coefficient (Wildman–Crippen LogP) is 1.76. The van der Waals surface area contributed by atoms with E-state index in [-0.39, 0.29) is 19.2 Å². The van der Waals surface area contributed by atoms with Gasteiger partial charge in [0, 0.05) is 20.2 Å². The van der Waals surface area contributed by atoms with E-state index in [4.69, 9.17) is 9.47 Å². The zero-order valence-electron chi connectivity index (χ0n) is 16.5. The van der Waals surface area contributed by atoms with Crippen LogP contribution in [-0.4, -0.2) is 72.5 Å². The molecule has 2 aliphatic heterocycles. The Morgan fingerprint density at radius 1 is 1.24 bits per heavy atom. The molecule has 152 valence electrons. The van der Waals surface area contributed by atoms with Crippen molar-refractivity contribution in [1.82, 2.24) is 14.7 Å². The van der Waals surface area contributed by atoms with Gasteiger partial charge in [-0.05, 0) is 25.0 Å². The monoisotopic (exact) mass is 397 g/mol. The van der Waals surface area contributed by atoms with Gasteiger partial charge < -0.3 is 9.47 Å². The van der Waals surface area contributed by atoms with E-state index in [1.54, 1.807) is 15.8 Å². The fourth-order valence-electron chi connectivity index (χ4n) is 3.55. The van der Waals surface area contributed by atoms with E-state index >= 15 is 0 Å². The largest absolute Gasteiger partial charge is 0.462 e. The van der Waals surface area contributed by atoms with Crippen LogP contribution in [0.1, 0.15) is 17.5 Å².